The standard InChI is InChI=1S/C9H13N4/c1-8-6-10-4-5-13(8)9-2-3-11-7-12-9/h2-3,8,10H,4-6H2,1H3. The summed E-state index contributed by atoms with van der Waals surface area (Å²) < 4.78 is 0. The molecule has 1 fully saturated rings. The van der Waals surface area contributed by atoms with E-state index in [-0.39, 0.29) is 0 Å². The molecule has 1 aliphatic heterocycles. The zero-order valence-electron chi connectivity index (χ0n) is 7.70. The summed E-state index contributed by atoms with van der Waals surface area (Å²) in [5.41, 5.74) is 0. The van der Waals surface area contributed by atoms with E-state index in [4.69, 9.17) is 0 Å². The molecule has 0 saturated carbocycles. The zero-order chi connectivity index (χ0) is 9.10. The van der Waals surface area contributed by atoms with Gasteiger partial charge in [-0.05, 0) is 13.0 Å². The van der Waals surface area contributed by atoms with Gasteiger partial charge >= 0.3 is 0 Å². The highest BCUT2D eigenvalue weighted by Crippen LogP contribution is 2.12. The molecule has 1 saturated heterocycles. The van der Waals surface area contributed by atoms with Crippen molar-refractivity contribution < 1.29 is 0 Å². The van der Waals surface area contributed by atoms with Gasteiger partial charge in [0.15, 0.2) is 6.33 Å². The van der Waals surface area contributed by atoms with Crippen molar-refractivity contribution in [2.24, 2.45) is 0 Å². The maximum absolute atomic E-state index is 4.11. The van der Waals surface area contributed by atoms with Crippen LogP contribution in [0, 0.1) is 6.33 Å². The fourth-order valence-electron chi connectivity index (χ4n) is 1.60. The molecular formula is C9H13N4. The van der Waals surface area contributed by atoms with Gasteiger partial charge in [-0.1, -0.05) is 0 Å². The first-order chi connectivity index (χ1) is 6.38. The molecule has 0 bridgehead atoms. The van der Waals surface area contributed by atoms with Crippen LogP contribution >= 0.6 is 0 Å². The molecule has 13 heavy (non-hydrogen) atoms. The Labute approximate surface area is 78.0 Å². The van der Waals surface area contributed by atoms with Gasteiger partial charge in [-0.3, -0.25) is 0 Å². The summed E-state index contributed by atoms with van der Waals surface area (Å²) in [5.74, 6) is 0.976. The fourth-order valence-corrected chi connectivity index (χ4v) is 1.60. The lowest BCUT2D eigenvalue weighted by molar-refractivity contribution is 0.497. The lowest BCUT2D eigenvalue weighted by Gasteiger charge is -2.34. The zero-order valence-corrected chi connectivity index (χ0v) is 7.70. The van der Waals surface area contributed by atoms with Crippen LogP contribution in [-0.4, -0.2) is 35.6 Å². The third kappa shape index (κ3) is 1.78. The summed E-state index contributed by atoms with van der Waals surface area (Å²) in [4.78, 5) is 10.2. The van der Waals surface area contributed by atoms with Crippen molar-refractivity contribution in [2.75, 3.05) is 24.5 Å². The lowest BCUT2D eigenvalue weighted by atomic mass is 10.2. The molecular weight excluding hydrogens is 164 g/mol. The molecule has 0 amide bonds. The van der Waals surface area contributed by atoms with Crippen LogP contribution in [0.25, 0.3) is 0 Å². The highest BCUT2D eigenvalue weighted by molar-refractivity contribution is 5.38. The molecule has 1 radical (unpaired) electrons. The first-order valence-electron chi connectivity index (χ1n) is 4.54. The van der Waals surface area contributed by atoms with Crippen molar-refractivity contribution in [3.05, 3.63) is 18.6 Å². The summed E-state index contributed by atoms with van der Waals surface area (Å²) in [6.45, 7) is 5.23. The number of piperazine rings is 1. The summed E-state index contributed by atoms with van der Waals surface area (Å²) in [6.07, 6.45) is 4.35. The number of nitrogens with zero attached hydrogens (tertiary/aromatic N) is 3. The topological polar surface area (TPSA) is 41.0 Å². The lowest BCUT2D eigenvalue weighted by Crippen LogP contribution is -2.50. The van der Waals surface area contributed by atoms with Crippen molar-refractivity contribution >= 4 is 5.82 Å². The van der Waals surface area contributed by atoms with Gasteiger partial charge in [0.2, 0.25) is 0 Å². The number of aromatic nitrogens is 2. The van der Waals surface area contributed by atoms with Gasteiger partial charge in [-0.15, -0.1) is 0 Å². The number of anilines is 1. The van der Waals surface area contributed by atoms with E-state index in [0.29, 0.717) is 6.04 Å². The Balaban J connectivity index is 2.15. The van der Waals surface area contributed by atoms with E-state index in [9.17, 15) is 0 Å². The monoisotopic (exact) mass is 177 g/mol. The number of hydrogen-bond acceptors (Lipinski definition) is 4. The third-order valence-electron chi connectivity index (χ3n) is 2.32. The average molecular weight is 177 g/mol. The Bertz CT molecular complexity index is 262. The predicted octanol–water partition coefficient (Wildman–Crippen LogP) is 0.0749. The van der Waals surface area contributed by atoms with Crippen molar-refractivity contribution in [1.29, 1.82) is 0 Å². The van der Waals surface area contributed by atoms with Crippen LogP contribution < -0.4 is 10.2 Å². The highest BCUT2D eigenvalue weighted by atomic mass is 15.3. The number of nitrogens with one attached hydrogen (secondary N) is 1. The van der Waals surface area contributed by atoms with Crippen molar-refractivity contribution in [1.82, 2.24) is 15.3 Å². The summed E-state index contributed by atoms with van der Waals surface area (Å²) >= 11 is 0. The molecule has 4 nitrogen and oxygen atoms in total. The average Bonchev–Trinajstić information content (AvgIpc) is 2.20. The van der Waals surface area contributed by atoms with E-state index in [0.717, 1.165) is 25.5 Å². The van der Waals surface area contributed by atoms with Crippen LogP contribution in [0.1, 0.15) is 6.92 Å². The van der Waals surface area contributed by atoms with Crippen LogP contribution in [0.2, 0.25) is 0 Å². The molecule has 0 spiro atoms. The van der Waals surface area contributed by atoms with Crippen molar-refractivity contribution in [3.63, 3.8) is 0 Å². The molecule has 2 rings (SSSR count). The fraction of sp³-hybridized carbons (Fsp3) is 0.556. The molecule has 1 unspecified atom stereocenters. The molecule has 2 heterocycles. The third-order valence-corrected chi connectivity index (χ3v) is 2.32. The largest absolute Gasteiger partial charge is 0.351 e. The Morgan fingerprint density at radius 2 is 2.62 bits per heavy atom. The van der Waals surface area contributed by atoms with Crippen LogP contribution in [-0.2, 0) is 0 Å². The quantitative estimate of drug-likeness (QED) is 0.659. The second kappa shape index (κ2) is 3.70. The summed E-state index contributed by atoms with van der Waals surface area (Å²) in [6, 6.07) is 2.43. The highest BCUT2D eigenvalue weighted by Gasteiger charge is 2.18. The smallest absolute Gasteiger partial charge is 0.199 e. The number of hydrogen-bond donors (Lipinski definition) is 1. The van der Waals surface area contributed by atoms with Gasteiger partial charge in [0, 0.05) is 31.9 Å². The second-order valence-electron chi connectivity index (χ2n) is 3.26. The first-order valence-corrected chi connectivity index (χ1v) is 4.54. The first kappa shape index (κ1) is 8.44. The van der Waals surface area contributed by atoms with Gasteiger partial charge in [0.25, 0.3) is 0 Å². The molecule has 1 aromatic rings. The van der Waals surface area contributed by atoms with E-state index in [1.807, 2.05) is 6.07 Å². The molecule has 1 atom stereocenters. The Kier molecular flexibility index (Phi) is 2.40. The van der Waals surface area contributed by atoms with E-state index in [1.54, 1.807) is 6.20 Å². The van der Waals surface area contributed by atoms with Gasteiger partial charge < -0.3 is 10.2 Å². The predicted molar refractivity (Wildman–Crippen MR) is 50.5 cm³/mol. The minimum atomic E-state index is 0.497. The minimum absolute atomic E-state index is 0.497. The van der Waals surface area contributed by atoms with E-state index >= 15 is 0 Å². The van der Waals surface area contributed by atoms with Crippen LogP contribution in [0.5, 0.6) is 0 Å². The SMILES string of the molecule is CC1CNCCN1c1ccn[c]n1. The van der Waals surface area contributed by atoms with Gasteiger partial charge in [-0.2, -0.15) is 0 Å². The van der Waals surface area contributed by atoms with Crippen molar-refractivity contribution in [3.8, 4) is 0 Å². The Hall–Kier alpha value is -1.16. The van der Waals surface area contributed by atoms with Crippen LogP contribution in [0.15, 0.2) is 12.3 Å². The molecule has 1 N–H and O–H groups in total. The van der Waals surface area contributed by atoms with Crippen molar-refractivity contribution in [2.45, 2.75) is 13.0 Å². The Morgan fingerprint density at radius 1 is 1.69 bits per heavy atom. The van der Waals surface area contributed by atoms with E-state index in [2.05, 4.69) is 33.4 Å². The summed E-state index contributed by atoms with van der Waals surface area (Å²) in [5, 5.41) is 3.34. The summed E-state index contributed by atoms with van der Waals surface area (Å²) in [7, 11) is 0. The molecule has 69 valence electrons. The molecule has 1 aromatic heterocycles. The second-order valence-corrected chi connectivity index (χ2v) is 3.26. The maximum Gasteiger partial charge on any atom is 0.199 e. The molecule has 0 aromatic carbocycles. The molecule has 1 aliphatic rings. The van der Waals surface area contributed by atoms with Gasteiger partial charge in [0.1, 0.15) is 5.82 Å². The van der Waals surface area contributed by atoms with Gasteiger partial charge in [-0.25, -0.2) is 9.97 Å². The maximum atomic E-state index is 4.11. The van der Waals surface area contributed by atoms with E-state index in [1.165, 1.54) is 0 Å². The van der Waals surface area contributed by atoms with Gasteiger partial charge in [0.05, 0.1) is 0 Å². The molecule has 0 aliphatic carbocycles. The van der Waals surface area contributed by atoms with Crippen LogP contribution in [0.4, 0.5) is 5.82 Å². The van der Waals surface area contributed by atoms with Crippen LogP contribution in [0.3, 0.4) is 0 Å². The van der Waals surface area contributed by atoms with E-state index < -0.39 is 0 Å². The minimum Gasteiger partial charge on any atom is -0.351 e. The Morgan fingerprint density at radius 3 is 3.31 bits per heavy atom. The molecule has 4 heteroatoms. The number of rotatable bonds is 1. The normalized spacial score (nSPS) is 23.2.